The Morgan fingerprint density at radius 1 is 1.17 bits per heavy atom. The highest BCUT2D eigenvalue weighted by molar-refractivity contribution is 7.80. The van der Waals surface area contributed by atoms with Gasteiger partial charge in [0, 0.05) is 18.7 Å². The molecule has 12 nitrogen and oxygen atoms in total. The van der Waals surface area contributed by atoms with E-state index >= 15 is 0 Å². The minimum Gasteiger partial charge on any atom is -0.481 e. The van der Waals surface area contributed by atoms with Gasteiger partial charge in [0.25, 0.3) is 0 Å². The van der Waals surface area contributed by atoms with Crippen molar-refractivity contribution >= 4 is 42.3 Å². The third kappa shape index (κ3) is 7.15. The first kappa shape index (κ1) is 25.7. The number of amides is 3. The molecular formula is C17H28N4O8S. The number of aliphatic hydroxyl groups is 1. The monoisotopic (exact) mass is 448 g/mol. The lowest BCUT2D eigenvalue weighted by atomic mass is 10.1. The summed E-state index contributed by atoms with van der Waals surface area (Å²) in [7, 11) is 0. The number of hydrogen-bond donors (Lipinski definition) is 7. The molecule has 1 aliphatic heterocycles. The molecule has 7 N–H and O–H groups in total. The average molecular weight is 448 g/mol. The second-order valence-corrected chi connectivity index (χ2v) is 7.40. The Balaban J connectivity index is 2.80. The van der Waals surface area contributed by atoms with Gasteiger partial charge in [-0.2, -0.15) is 12.6 Å². The van der Waals surface area contributed by atoms with Crippen LogP contribution in [0.25, 0.3) is 0 Å². The summed E-state index contributed by atoms with van der Waals surface area (Å²) in [5.41, 5.74) is 5.60. The smallest absolute Gasteiger partial charge is 0.326 e. The zero-order valence-corrected chi connectivity index (χ0v) is 17.4. The van der Waals surface area contributed by atoms with Gasteiger partial charge >= 0.3 is 11.9 Å². The summed E-state index contributed by atoms with van der Waals surface area (Å²) >= 11 is 4.04. The van der Waals surface area contributed by atoms with Crippen molar-refractivity contribution in [2.24, 2.45) is 5.73 Å². The summed E-state index contributed by atoms with van der Waals surface area (Å²) in [6.45, 7) is 1.47. The van der Waals surface area contributed by atoms with Gasteiger partial charge in [-0.05, 0) is 26.2 Å². The molecule has 1 heterocycles. The summed E-state index contributed by atoms with van der Waals surface area (Å²) in [5.74, 6) is -4.77. The number of carboxylic acid groups (broad SMARTS) is 2. The molecule has 0 aromatic heterocycles. The van der Waals surface area contributed by atoms with E-state index < -0.39 is 59.9 Å². The van der Waals surface area contributed by atoms with Gasteiger partial charge in [0.1, 0.15) is 18.1 Å². The molecule has 30 heavy (non-hydrogen) atoms. The van der Waals surface area contributed by atoms with Crippen molar-refractivity contribution in [3.63, 3.8) is 0 Å². The molecule has 1 aliphatic rings. The van der Waals surface area contributed by atoms with Gasteiger partial charge < -0.3 is 36.6 Å². The number of nitrogens with one attached hydrogen (secondary N) is 2. The Morgan fingerprint density at radius 2 is 1.80 bits per heavy atom. The number of rotatable bonds is 11. The highest BCUT2D eigenvalue weighted by Crippen LogP contribution is 2.19. The van der Waals surface area contributed by atoms with Crippen molar-refractivity contribution in [2.75, 3.05) is 12.3 Å². The molecule has 0 aliphatic carbocycles. The lowest BCUT2D eigenvalue weighted by Crippen LogP contribution is -2.60. The topological polar surface area (TPSA) is 199 Å². The maximum absolute atomic E-state index is 12.7. The van der Waals surface area contributed by atoms with Crippen LogP contribution in [0.5, 0.6) is 0 Å². The SMILES string of the molecule is CC(O)C(NC(=O)C(N)CCC(=O)O)C(=O)NC(CS)C(=O)N1CCCC1C(=O)O. The number of hydrogen-bond acceptors (Lipinski definition) is 8. The summed E-state index contributed by atoms with van der Waals surface area (Å²) < 4.78 is 0. The standard InChI is InChI=1S/C17H28N4O8S/c1-8(22)13(20-14(25)9(18)4-5-12(23)24)15(26)19-10(7-30)16(27)21-6-2-3-11(21)17(28)29/h8-11,13,22,30H,2-7,18H2,1H3,(H,19,26)(H,20,25)(H,23,24)(H,28,29). The zero-order valence-electron chi connectivity index (χ0n) is 16.5. The molecule has 0 saturated carbocycles. The van der Waals surface area contributed by atoms with Crippen molar-refractivity contribution in [1.29, 1.82) is 0 Å². The van der Waals surface area contributed by atoms with Crippen molar-refractivity contribution in [1.82, 2.24) is 15.5 Å². The van der Waals surface area contributed by atoms with Crippen LogP contribution in [0.1, 0.15) is 32.6 Å². The van der Waals surface area contributed by atoms with Crippen LogP contribution in [0, 0.1) is 0 Å². The van der Waals surface area contributed by atoms with Crippen molar-refractivity contribution in [3.8, 4) is 0 Å². The maximum atomic E-state index is 12.7. The van der Waals surface area contributed by atoms with Crippen LogP contribution in [0.3, 0.4) is 0 Å². The largest absolute Gasteiger partial charge is 0.481 e. The summed E-state index contributed by atoms with van der Waals surface area (Å²) in [4.78, 5) is 60.4. The van der Waals surface area contributed by atoms with Gasteiger partial charge in [-0.1, -0.05) is 0 Å². The van der Waals surface area contributed by atoms with Gasteiger partial charge in [0.15, 0.2) is 0 Å². The average Bonchev–Trinajstić information content (AvgIpc) is 3.17. The van der Waals surface area contributed by atoms with Gasteiger partial charge in [0.2, 0.25) is 17.7 Å². The third-order valence-corrected chi connectivity index (χ3v) is 5.05. The van der Waals surface area contributed by atoms with E-state index in [1.807, 2.05) is 0 Å². The Hall–Kier alpha value is -2.38. The molecule has 1 rings (SSSR count). The number of carbonyl (C=O) groups is 5. The number of nitrogens with zero attached hydrogens (tertiary/aromatic N) is 1. The van der Waals surface area contributed by atoms with Crippen molar-refractivity contribution < 1.29 is 39.3 Å². The number of thiol groups is 1. The maximum Gasteiger partial charge on any atom is 0.326 e. The van der Waals surface area contributed by atoms with Crippen LogP contribution in [0.2, 0.25) is 0 Å². The normalized spacial score (nSPS) is 20.0. The Morgan fingerprint density at radius 3 is 2.30 bits per heavy atom. The minimum atomic E-state index is -1.46. The molecule has 170 valence electrons. The molecule has 0 radical (unpaired) electrons. The molecule has 0 spiro atoms. The summed E-state index contributed by atoms with van der Waals surface area (Å²) in [5, 5.41) is 32.4. The first-order chi connectivity index (χ1) is 14.0. The lowest BCUT2D eigenvalue weighted by molar-refractivity contribution is -0.149. The second kappa shape index (κ2) is 11.7. The van der Waals surface area contributed by atoms with Gasteiger partial charge in [-0.25, -0.2) is 4.79 Å². The number of carboxylic acids is 2. The van der Waals surface area contributed by atoms with E-state index in [0.717, 1.165) is 4.90 Å². The van der Waals surface area contributed by atoms with Crippen LogP contribution in [0.4, 0.5) is 0 Å². The van der Waals surface area contributed by atoms with Gasteiger partial charge in [-0.3, -0.25) is 19.2 Å². The highest BCUT2D eigenvalue weighted by atomic mass is 32.1. The number of aliphatic hydroxyl groups excluding tert-OH is 1. The Labute approximate surface area is 178 Å². The van der Waals surface area contributed by atoms with E-state index in [0.29, 0.717) is 12.8 Å². The van der Waals surface area contributed by atoms with Crippen molar-refractivity contribution in [2.45, 2.75) is 62.9 Å². The van der Waals surface area contributed by atoms with Gasteiger partial charge in [0.05, 0.1) is 12.1 Å². The van der Waals surface area contributed by atoms with E-state index in [4.69, 9.17) is 10.8 Å². The summed E-state index contributed by atoms with van der Waals surface area (Å²) in [6.07, 6.45) is -1.06. The number of carbonyl (C=O) groups excluding carboxylic acids is 3. The van der Waals surface area contributed by atoms with E-state index in [-0.39, 0.29) is 25.1 Å². The molecule has 13 heteroatoms. The number of nitrogens with two attached hydrogens (primary N) is 1. The number of aliphatic carboxylic acids is 2. The van der Waals surface area contributed by atoms with Gasteiger partial charge in [-0.15, -0.1) is 0 Å². The van der Waals surface area contributed by atoms with E-state index in [9.17, 15) is 34.2 Å². The number of likely N-dealkylation sites (tertiary alicyclic amines) is 1. The Kier molecular flexibility index (Phi) is 10.0. The highest BCUT2D eigenvalue weighted by Gasteiger charge is 2.38. The molecule has 1 saturated heterocycles. The van der Waals surface area contributed by atoms with E-state index in [1.165, 1.54) is 6.92 Å². The molecule has 3 amide bonds. The third-order valence-electron chi connectivity index (χ3n) is 4.69. The van der Waals surface area contributed by atoms with Crippen LogP contribution in [-0.2, 0) is 24.0 Å². The first-order valence-corrected chi connectivity index (χ1v) is 10.0. The fraction of sp³-hybridized carbons (Fsp3) is 0.706. The van der Waals surface area contributed by atoms with Crippen molar-refractivity contribution in [3.05, 3.63) is 0 Å². The predicted molar refractivity (Wildman–Crippen MR) is 107 cm³/mol. The molecule has 1 fully saturated rings. The lowest BCUT2D eigenvalue weighted by Gasteiger charge is -2.28. The zero-order chi connectivity index (χ0) is 23.0. The predicted octanol–water partition coefficient (Wildman–Crippen LogP) is -2.47. The van der Waals surface area contributed by atoms with Crippen LogP contribution >= 0.6 is 12.6 Å². The fourth-order valence-electron chi connectivity index (χ4n) is 3.01. The molecular weight excluding hydrogens is 420 g/mol. The second-order valence-electron chi connectivity index (χ2n) is 7.04. The minimum absolute atomic E-state index is 0.133. The van der Waals surface area contributed by atoms with E-state index in [1.54, 1.807) is 0 Å². The molecule has 0 bridgehead atoms. The molecule has 0 aromatic carbocycles. The van der Waals surface area contributed by atoms with Crippen LogP contribution in [-0.4, -0.2) is 92.4 Å². The van der Waals surface area contributed by atoms with Crippen LogP contribution < -0.4 is 16.4 Å². The summed E-state index contributed by atoms with van der Waals surface area (Å²) in [6, 6.07) is -4.83. The quantitative estimate of drug-likeness (QED) is 0.167. The molecule has 5 unspecified atom stereocenters. The Bertz CT molecular complexity index is 674. The molecule has 0 aromatic rings. The molecule has 5 atom stereocenters. The first-order valence-electron chi connectivity index (χ1n) is 9.39. The fourth-order valence-corrected chi connectivity index (χ4v) is 3.26. The van der Waals surface area contributed by atoms with Crippen LogP contribution in [0.15, 0.2) is 0 Å². The van der Waals surface area contributed by atoms with E-state index in [2.05, 4.69) is 23.3 Å².